The summed E-state index contributed by atoms with van der Waals surface area (Å²) < 4.78 is 1.31. The van der Waals surface area contributed by atoms with Crippen LogP contribution in [0.2, 0.25) is 5.02 Å². The van der Waals surface area contributed by atoms with E-state index in [1.165, 1.54) is 4.68 Å². The van der Waals surface area contributed by atoms with Crippen molar-refractivity contribution in [2.75, 3.05) is 5.73 Å². The van der Waals surface area contributed by atoms with Gasteiger partial charge in [-0.25, -0.2) is 0 Å². The number of hydrogen-bond acceptors (Lipinski definition) is 4. The molecule has 0 aliphatic carbocycles. The first kappa shape index (κ1) is 11.4. The first-order valence-electron chi connectivity index (χ1n) is 4.78. The molecule has 2 aromatic rings. The number of benzene rings is 1. The van der Waals surface area contributed by atoms with E-state index in [2.05, 4.69) is 10.3 Å². The minimum Gasteiger partial charge on any atom is -0.382 e. The minimum absolute atomic E-state index is 0.0540. The van der Waals surface area contributed by atoms with Crippen LogP contribution in [-0.4, -0.2) is 20.9 Å². The third-order valence-corrected chi connectivity index (χ3v) is 2.75. The van der Waals surface area contributed by atoms with Crippen LogP contribution in [0.5, 0.6) is 0 Å². The van der Waals surface area contributed by atoms with Crippen LogP contribution in [0.4, 0.5) is 5.82 Å². The maximum atomic E-state index is 11.0. The molecule has 1 heterocycles. The molecule has 0 saturated carbocycles. The fourth-order valence-corrected chi connectivity index (χ4v) is 1.54. The molecule has 0 unspecified atom stereocenters. The van der Waals surface area contributed by atoms with Crippen molar-refractivity contribution in [3.63, 3.8) is 0 Å². The zero-order chi connectivity index (χ0) is 12.6. The lowest BCUT2D eigenvalue weighted by Gasteiger charge is -2.04. The van der Waals surface area contributed by atoms with Crippen LogP contribution in [0.3, 0.4) is 0 Å². The van der Waals surface area contributed by atoms with Crippen LogP contribution in [-0.2, 0) is 0 Å². The Balaban J connectivity index is 2.53. The number of carbonyl (C=O) groups is 1. The summed E-state index contributed by atoms with van der Waals surface area (Å²) in [6.45, 7) is 1.88. The Kier molecular flexibility index (Phi) is 2.72. The molecular formula is C10H10ClN5O. The third-order valence-electron chi connectivity index (χ3n) is 2.34. The average molecular weight is 252 g/mol. The van der Waals surface area contributed by atoms with E-state index in [1.54, 1.807) is 12.1 Å². The van der Waals surface area contributed by atoms with Crippen LogP contribution in [0.1, 0.15) is 16.1 Å². The van der Waals surface area contributed by atoms with Gasteiger partial charge in [0.25, 0.3) is 5.91 Å². The molecule has 0 atom stereocenters. The summed E-state index contributed by atoms with van der Waals surface area (Å²) in [5.41, 5.74) is 12.3. The number of aromatic nitrogens is 3. The summed E-state index contributed by atoms with van der Waals surface area (Å²) in [7, 11) is 0. The van der Waals surface area contributed by atoms with Gasteiger partial charge in [0.1, 0.15) is 0 Å². The molecule has 0 aliphatic heterocycles. The molecule has 0 saturated heterocycles. The molecule has 1 aromatic heterocycles. The van der Waals surface area contributed by atoms with Gasteiger partial charge in [-0.15, -0.1) is 5.10 Å². The van der Waals surface area contributed by atoms with E-state index in [9.17, 15) is 4.79 Å². The number of nitrogen functional groups attached to an aromatic ring is 1. The highest BCUT2D eigenvalue weighted by Gasteiger charge is 2.15. The maximum absolute atomic E-state index is 11.0. The van der Waals surface area contributed by atoms with Gasteiger partial charge in [0.05, 0.1) is 5.69 Å². The summed E-state index contributed by atoms with van der Waals surface area (Å²) in [5.74, 6) is -0.621. The van der Waals surface area contributed by atoms with E-state index < -0.39 is 5.91 Å². The second-order valence-corrected chi connectivity index (χ2v) is 3.94. The van der Waals surface area contributed by atoms with Crippen molar-refractivity contribution in [1.82, 2.24) is 15.0 Å². The molecule has 0 radical (unpaired) electrons. The number of rotatable bonds is 2. The highest BCUT2D eigenvalue weighted by molar-refractivity contribution is 6.31. The monoisotopic (exact) mass is 251 g/mol. The second-order valence-electron chi connectivity index (χ2n) is 3.53. The van der Waals surface area contributed by atoms with E-state index in [0.717, 1.165) is 5.56 Å². The SMILES string of the molecule is Cc1ccc(-n2nnc(C(N)=O)c2N)cc1Cl. The van der Waals surface area contributed by atoms with Gasteiger partial charge in [-0.05, 0) is 24.6 Å². The minimum atomic E-state index is -0.716. The largest absolute Gasteiger partial charge is 0.382 e. The Morgan fingerprint density at radius 2 is 2.18 bits per heavy atom. The Morgan fingerprint density at radius 1 is 1.47 bits per heavy atom. The molecule has 0 fully saturated rings. The van der Waals surface area contributed by atoms with Crippen molar-refractivity contribution in [1.29, 1.82) is 0 Å². The standard InChI is InChI=1S/C10H10ClN5O/c1-5-2-3-6(4-7(5)11)16-9(12)8(10(13)17)14-15-16/h2-4H,12H2,1H3,(H2,13,17). The van der Waals surface area contributed by atoms with Crippen LogP contribution in [0.25, 0.3) is 5.69 Å². The van der Waals surface area contributed by atoms with Crippen molar-refractivity contribution >= 4 is 23.3 Å². The van der Waals surface area contributed by atoms with E-state index in [1.807, 2.05) is 13.0 Å². The smallest absolute Gasteiger partial charge is 0.273 e. The molecule has 7 heteroatoms. The number of aryl methyl sites for hydroxylation is 1. The summed E-state index contributed by atoms with van der Waals surface area (Å²) in [6.07, 6.45) is 0. The van der Waals surface area contributed by atoms with Crippen LogP contribution < -0.4 is 11.5 Å². The number of nitrogens with two attached hydrogens (primary N) is 2. The second kappa shape index (κ2) is 4.06. The number of amides is 1. The number of carbonyl (C=O) groups excluding carboxylic acids is 1. The fourth-order valence-electron chi connectivity index (χ4n) is 1.37. The Hall–Kier alpha value is -2.08. The summed E-state index contributed by atoms with van der Waals surface area (Å²) >= 11 is 5.99. The summed E-state index contributed by atoms with van der Waals surface area (Å²) in [6, 6.07) is 5.28. The van der Waals surface area contributed by atoms with E-state index in [0.29, 0.717) is 10.7 Å². The van der Waals surface area contributed by atoms with Crippen molar-refractivity contribution < 1.29 is 4.79 Å². The zero-order valence-corrected chi connectivity index (χ0v) is 9.77. The first-order valence-corrected chi connectivity index (χ1v) is 5.16. The molecule has 4 N–H and O–H groups in total. The number of halogens is 1. The Morgan fingerprint density at radius 3 is 2.71 bits per heavy atom. The molecule has 17 heavy (non-hydrogen) atoms. The average Bonchev–Trinajstić information content (AvgIpc) is 2.64. The maximum Gasteiger partial charge on any atom is 0.273 e. The third kappa shape index (κ3) is 1.94. The van der Waals surface area contributed by atoms with Gasteiger partial charge in [-0.2, -0.15) is 4.68 Å². The molecule has 88 valence electrons. The highest BCUT2D eigenvalue weighted by atomic mass is 35.5. The first-order chi connectivity index (χ1) is 8.00. The highest BCUT2D eigenvalue weighted by Crippen LogP contribution is 2.21. The van der Waals surface area contributed by atoms with Gasteiger partial charge in [-0.1, -0.05) is 22.9 Å². The van der Waals surface area contributed by atoms with Crippen LogP contribution in [0.15, 0.2) is 18.2 Å². The van der Waals surface area contributed by atoms with E-state index in [-0.39, 0.29) is 11.5 Å². The number of anilines is 1. The molecule has 6 nitrogen and oxygen atoms in total. The number of primary amides is 1. The van der Waals surface area contributed by atoms with Gasteiger partial charge in [0.2, 0.25) is 0 Å². The predicted octanol–water partition coefficient (Wildman–Crippen LogP) is 0.910. The van der Waals surface area contributed by atoms with Crippen molar-refractivity contribution in [2.24, 2.45) is 5.73 Å². The molecule has 2 rings (SSSR count). The van der Waals surface area contributed by atoms with Crippen molar-refractivity contribution in [2.45, 2.75) is 6.92 Å². The normalized spacial score (nSPS) is 10.5. The molecule has 1 aromatic carbocycles. The molecule has 0 spiro atoms. The quantitative estimate of drug-likeness (QED) is 0.828. The van der Waals surface area contributed by atoms with Gasteiger partial charge in [0.15, 0.2) is 11.5 Å². The molecule has 0 aliphatic rings. The van der Waals surface area contributed by atoms with E-state index in [4.69, 9.17) is 23.1 Å². The summed E-state index contributed by atoms with van der Waals surface area (Å²) in [4.78, 5) is 11.0. The fraction of sp³-hybridized carbons (Fsp3) is 0.100. The number of nitrogens with zero attached hydrogens (tertiary/aromatic N) is 3. The molecular weight excluding hydrogens is 242 g/mol. The number of hydrogen-bond donors (Lipinski definition) is 2. The lowest BCUT2D eigenvalue weighted by atomic mass is 10.2. The molecule has 1 amide bonds. The van der Waals surface area contributed by atoms with Gasteiger partial charge in [0, 0.05) is 5.02 Å². The predicted molar refractivity (Wildman–Crippen MR) is 64.0 cm³/mol. The van der Waals surface area contributed by atoms with Crippen LogP contribution in [0, 0.1) is 6.92 Å². The van der Waals surface area contributed by atoms with E-state index >= 15 is 0 Å². The van der Waals surface area contributed by atoms with Gasteiger partial charge < -0.3 is 11.5 Å². The van der Waals surface area contributed by atoms with Crippen molar-refractivity contribution in [3.8, 4) is 5.69 Å². The topological polar surface area (TPSA) is 99.8 Å². The molecule has 0 bridgehead atoms. The van der Waals surface area contributed by atoms with Crippen LogP contribution >= 0.6 is 11.6 Å². The summed E-state index contributed by atoms with van der Waals surface area (Å²) in [5, 5.41) is 7.96. The van der Waals surface area contributed by atoms with Gasteiger partial charge >= 0.3 is 0 Å². The zero-order valence-electron chi connectivity index (χ0n) is 9.01. The lowest BCUT2D eigenvalue weighted by Crippen LogP contribution is -2.14. The van der Waals surface area contributed by atoms with Gasteiger partial charge in [-0.3, -0.25) is 4.79 Å². The Labute approximate surface area is 102 Å². The van der Waals surface area contributed by atoms with Crippen molar-refractivity contribution in [3.05, 3.63) is 34.5 Å². The Bertz CT molecular complexity index is 592. The lowest BCUT2D eigenvalue weighted by molar-refractivity contribution is 0.0996.